The van der Waals surface area contributed by atoms with E-state index in [4.69, 9.17) is 16.0 Å². The highest BCUT2D eigenvalue weighted by Gasteiger charge is 2.23. The molecule has 2 heterocycles. The van der Waals surface area contributed by atoms with Crippen LogP contribution in [0.15, 0.2) is 22.6 Å². The van der Waals surface area contributed by atoms with Gasteiger partial charge in [-0.3, -0.25) is 0 Å². The Morgan fingerprint density at radius 2 is 2.00 bits per heavy atom. The van der Waals surface area contributed by atoms with Crippen LogP contribution in [0.1, 0.15) is 38.0 Å². The molecule has 1 saturated carbocycles. The van der Waals surface area contributed by atoms with E-state index in [2.05, 4.69) is 20.9 Å². The van der Waals surface area contributed by atoms with Gasteiger partial charge in [0.05, 0.1) is 6.54 Å². The summed E-state index contributed by atoms with van der Waals surface area (Å²) >= 11 is 5.86. The van der Waals surface area contributed by atoms with Crippen molar-refractivity contribution in [2.75, 3.05) is 20.1 Å². The minimum atomic E-state index is -0.183. The monoisotopic (exact) mass is 407 g/mol. The Morgan fingerprint density at radius 1 is 1.25 bits per heavy atom. The number of carbonyl (C=O) groups is 2. The zero-order chi connectivity index (χ0) is 19.9. The van der Waals surface area contributed by atoms with Crippen molar-refractivity contribution in [1.29, 1.82) is 0 Å². The van der Waals surface area contributed by atoms with Crippen LogP contribution in [0.2, 0.25) is 5.02 Å². The summed E-state index contributed by atoms with van der Waals surface area (Å²) in [6, 6.07) is 5.46. The van der Waals surface area contributed by atoms with Gasteiger partial charge in [-0.2, -0.15) is 0 Å². The molecule has 28 heavy (non-hydrogen) atoms. The van der Waals surface area contributed by atoms with Gasteiger partial charge in [0.1, 0.15) is 5.52 Å². The lowest BCUT2D eigenvalue weighted by Crippen LogP contribution is -2.41. The Hall–Kier alpha value is -2.48. The molecule has 4 amide bonds. The molecule has 4 rings (SSSR count). The quantitative estimate of drug-likeness (QED) is 0.727. The number of piperidine rings is 1. The maximum absolute atomic E-state index is 11.4. The zero-order valence-electron chi connectivity index (χ0n) is 16.0. The fraction of sp³-hybridized carbons (Fsp3) is 0.526. The van der Waals surface area contributed by atoms with E-state index in [1.807, 2.05) is 4.90 Å². The van der Waals surface area contributed by atoms with Crippen LogP contribution in [0.25, 0.3) is 11.1 Å². The molecule has 8 nitrogen and oxygen atoms in total. The molecule has 152 valence electrons. The van der Waals surface area contributed by atoms with Gasteiger partial charge in [0.15, 0.2) is 5.58 Å². The number of likely N-dealkylation sites (tertiary alicyclic amines) is 1. The Labute approximate surface area is 169 Å². The van der Waals surface area contributed by atoms with Gasteiger partial charge in [0.25, 0.3) is 0 Å². The maximum atomic E-state index is 11.4. The number of aromatic nitrogens is 1. The molecule has 1 aliphatic carbocycles. The van der Waals surface area contributed by atoms with Crippen molar-refractivity contribution in [3.63, 3.8) is 0 Å². The molecule has 0 radical (unpaired) electrons. The van der Waals surface area contributed by atoms with Crippen molar-refractivity contribution in [3.05, 3.63) is 29.1 Å². The molecule has 3 N–H and O–H groups in total. The summed E-state index contributed by atoms with van der Waals surface area (Å²) in [6.45, 7) is 2.13. The molecule has 0 unspecified atom stereocenters. The number of hydrogen-bond acceptors (Lipinski definition) is 4. The van der Waals surface area contributed by atoms with E-state index >= 15 is 0 Å². The standard InChI is InChI=1S/C12H12ClN3O2.C7H14N2O/c13-7-1-4-10-9(5-7)16-11(18-10)6-14-12(17)15-8-2-3-8;1-8-7(10)9-5-3-2-4-6-9/h1,4-5,8H,2-3,6H2,(H2,14,15,17);2-6H2,1H3,(H,8,10). The average molecular weight is 408 g/mol. The number of oxazole rings is 1. The highest BCUT2D eigenvalue weighted by molar-refractivity contribution is 6.31. The first-order valence-corrected chi connectivity index (χ1v) is 9.99. The van der Waals surface area contributed by atoms with Gasteiger partial charge >= 0.3 is 12.1 Å². The second-order valence-corrected chi connectivity index (χ2v) is 7.36. The third-order valence-corrected chi connectivity index (χ3v) is 4.80. The van der Waals surface area contributed by atoms with Gasteiger partial charge in [-0.1, -0.05) is 11.6 Å². The van der Waals surface area contributed by atoms with E-state index in [9.17, 15) is 9.59 Å². The number of nitrogens with one attached hydrogen (secondary N) is 3. The molecule has 9 heteroatoms. The first kappa shape index (κ1) is 20.3. The van der Waals surface area contributed by atoms with Crippen molar-refractivity contribution in [2.45, 2.75) is 44.7 Å². The molecule has 2 aromatic rings. The van der Waals surface area contributed by atoms with E-state index in [0.29, 0.717) is 28.1 Å². The molecule has 2 aliphatic rings. The van der Waals surface area contributed by atoms with Gasteiger partial charge < -0.3 is 25.3 Å². The summed E-state index contributed by atoms with van der Waals surface area (Å²) in [5.74, 6) is 0.471. The second-order valence-electron chi connectivity index (χ2n) is 6.92. The average Bonchev–Trinajstić information content (AvgIpc) is 3.43. The van der Waals surface area contributed by atoms with E-state index in [1.54, 1.807) is 25.2 Å². The first-order chi connectivity index (χ1) is 13.5. The first-order valence-electron chi connectivity index (χ1n) is 9.61. The van der Waals surface area contributed by atoms with Gasteiger partial charge in [0.2, 0.25) is 5.89 Å². The predicted molar refractivity (Wildman–Crippen MR) is 107 cm³/mol. The van der Waals surface area contributed by atoms with E-state index in [1.165, 1.54) is 6.42 Å². The van der Waals surface area contributed by atoms with Crippen LogP contribution in [-0.2, 0) is 6.54 Å². The SMILES string of the molecule is CNC(=O)N1CCCCC1.O=C(NCc1nc2cc(Cl)ccc2o1)NC1CC1. The molecule has 0 spiro atoms. The maximum Gasteiger partial charge on any atom is 0.317 e. The van der Waals surface area contributed by atoms with Crippen LogP contribution in [0.5, 0.6) is 0 Å². The molecule has 0 bridgehead atoms. The number of hydrogen-bond donors (Lipinski definition) is 3. The van der Waals surface area contributed by atoms with Crippen molar-refractivity contribution in [2.24, 2.45) is 0 Å². The van der Waals surface area contributed by atoms with Gasteiger partial charge in [-0.05, 0) is 50.3 Å². The third-order valence-electron chi connectivity index (χ3n) is 4.56. The Morgan fingerprint density at radius 3 is 2.68 bits per heavy atom. The van der Waals surface area contributed by atoms with Crippen LogP contribution in [-0.4, -0.2) is 48.1 Å². The number of carbonyl (C=O) groups excluding carboxylic acids is 2. The largest absolute Gasteiger partial charge is 0.439 e. The van der Waals surface area contributed by atoms with Crippen molar-refractivity contribution in [1.82, 2.24) is 25.8 Å². The summed E-state index contributed by atoms with van der Waals surface area (Å²) in [6.07, 6.45) is 5.72. The summed E-state index contributed by atoms with van der Waals surface area (Å²) < 4.78 is 5.48. The molecule has 1 aromatic carbocycles. The molecule has 0 atom stereocenters. The fourth-order valence-electron chi connectivity index (χ4n) is 2.90. The van der Waals surface area contributed by atoms with Crippen LogP contribution >= 0.6 is 11.6 Å². The van der Waals surface area contributed by atoms with Crippen molar-refractivity contribution >= 4 is 34.8 Å². The molecule has 1 saturated heterocycles. The molecule has 1 aliphatic heterocycles. The smallest absolute Gasteiger partial charge is 0.317 e. The van der Waals surface area contributed by atoms with E-state index in [0.717, 1.165) is 38.8 Å². The number of fused-ring (bicyclic) bond motifs is 1. The summed E-state index contributed by atoms with van der Waals surface area (Å²) in [4.78, 5) is 28.5. The summed E-state index contributed by atoms with van der Waals surface area (Å²) in [7, 11) is 1.68. The number of halogens is 1. The van der Waals surface area contributed by atoms with Crippen LogP contribution in [0, 0.1) is 0 Å². The summed E-state index contributed by atoms with van der Waals surface area (Å²) in [5.41, 5.74) is 1.36. The Kier molecular flexibility index (Phi) is 6.97. The molecule has 2 fully saturated rings. The van der Waals surface area contributed by atoms with Crippen molar-refractivity contribution < 1.29 is 14.0 Å². The molecule has 1 aromatic heterocycles. The van der Waals surface area contributed by atoms with Crippen LogP contribution < -0.4 is 16.0 Å². The third kappa shape index (κ3) is 6.02. The van der Waals surface area contributed by atoms with Gasteiger partial charge in [-0.15, -0.1) is 0 Å². The van der Waals surface area contributed by atoms with Gasteiger partial charge in [0, 0.05) is 31.2 Å². The second kappa shape index (κ2) is 9.64. The number of amides is 4. The zero-order valence-corrected chi connectivity index (χ0v) is 16.7. The fourth-order valence-corrected chi connectivity index (χ4v) is 3.07. The van der Waals surface area contributed by atoms with Crippen LogP contribution in [0.3, 0.4) is 0 Å². The number of urea groups is 2. The Balaban J connectivity index is 0.000000192. The number of benzene rings is 1. The van der Waals surface area contributed by atoms with Gasteiger partial charge in [-0.25, -0.2) is 14.6 Å². The predicted octanol–water partition coefficient (Wildman–Crippen LogP) is 3.25. The molecular formula is C19H26ClN5O3. The molecular weight excluding hydrogens is 382 g/mol. The normalized spacial score (nSPS) is 16.1. The van der Waals surface area contributed by atoms with Crippen molar-refractivity contribution in [3.8, 4) is 0 Å². The number of rotatable bonds is 3. The number of nitrogens with zero attached hydrogens (tertiary/aromatic N) is 2. The minimum absolute atomic E-state index is 0.0692. The van der Waals surface area contributed by atoms with E-state index in [-0.39, 0.29) is 18.6 Å². The van der Waals surface area contributed by atoms with Crippen LogP contribution in [0.4, 0.5) is 9.59 Å². The highest BCUT2D eigenvalue weighted by atomic mass is 35.5. The lowest BCUT2D eigenvalue weighted by Gasteiger charge is -2.25. The lowest BCUT2D eigenvalue weighted by molar-refractivity contribution is 0.188. The summed E-state index contributed by atoms with van der Waals surface area (Å²) in [5, 5.41) is 8.77. The lowest BCUT2D eigenvalue weighted by atomic mass is 10.1. The topological polar surface area (TPSA) is 99.5 Å². The minimum Gasteiger partial charge on any atom is -0.439 e. The highest BCUT2D eigenvalue weighted by Crippen LogP contribution is 2.20. The van der Waals surface area contributed by atoms with E-state index < -0.39 is 0 Å². The Bertz CT molecular complexity index is 815.